The fraction of sp³-hybridized carbons (Fsp3) is 0.250. The SMILES string of the molecule is COC(=O)c1cccc(C(=O)N[C@H](Cc2c(C)cccc2C)C(N)=O)c1. The first-order chi connectivity index (χ1) is 12.3. The van der Waals surface area contributed by atoms with Gasteiger partial charge in [0.15, 0.2) is 0 Å². The highest BCUT2D eigenvalue weighted by Crippen LogP contribution is 2.16. The van der Waals surface area contributed by atoms with E-state index in [4.69, 9.17) is 5.73 Å². The Morgan fingerprint density at radius 2 is 1.62 bits per heavy atom. The fourth-order valence-corrected chi connectivity index (χ4v) is 2.74. The van der Waals surface area contributed by atoms with Gasteiger partial charge >= 0.3 is 5.97 Å². The molecule has 6 heteroatoms. The van der Waals surface area contributed by atoms with Gasteiger partial charge in [-0.05, 0) is 48.7 Å². The van der Waals surface area contributed by atoms with Crippen LogP contribution in [0.1, 0.15) is 37.4 Å². The average Bonchev–Trinajstić information content (AvgIpc) is 2.62. The summed E-state index contributed by atoms with van der Waals surface area (Å²) >= 11 is 0. The van der Waals surface area contributed by atoms with E-state index in [0.717, 1.165) is 16.7 Å². The zero-order valence-corrected chi connectivity index (χ0v) is 15.0. The molecule has 0 fully saturated rings. The van der Waals surface area contributed by atoms with Gasteiger partial charge in [-0.25, -0.2) is 4.79 Å². The van der Waals surface area contributed by atoms with Crippen LogP contribution in [0.25, 0.3) is 0 Å². The molecule has 1 atom stereocenters. The van der Waals surface area contributed by atoms with E-state index < -0.39 is 23.8 Å². The summed E-state index contributed by atoms with van der Waals surface area (Å²) in [5, 5.41) is 2.65. The number of hydrogen-bond acceptors (Lipinski definition) is 4. The largest absolute Gasteiger partial charge is 0.465 e. The molecular weight excluding hydrogens is 332 g/mol. The lowest BCUT2D eigenvalue weighted by Gasteiger charge is -2.18. The summed E-state index contributed by atoms with van der Waals surface area (Å²) in [7, 11) is 1.27. The first kappa shape index (κ1) is 19.2. The van der Waals surface area contributed by atoms with Crippen molar-refractivity contribution in [2.75, 3.05) is 7.11 Å². The zero-order valence-electron chi connectivity index (χ0n) is 15.0. The van der Waals surface area contributed by atoms with Crippen molar-refractivity contribution in [3.63, 3.8) is 0 Å². The molecule has 0 spiro atoms. The molecule has 136 valence electrons. The molecule has 0 bridgehead atoms. The number of carbonyl (C=O) groups excluding carboxylic acids is 3. The number of hydrogen-bond donors (Lipinski definition) is 2. The Kier molecular flexibility index (Phi) is 6.11. The second kappa shape index (κ2) is 8.29. The second-order valence-corrected chi connectivity index (χ2v) is 6.08. The predicted octanol–water partition coefficient (Wildman–Crippen LogP) is 1.92. The van der Waals surface area contributed by atoms with Crippen LogP contribution in [0.3, 0.4) is 0 Å². The molecule has 0 aromatic heterocycles. The van der Waals surface area contributed by atoms with Crippen molar-refractivity contribution in [2.24, 2.45) is 5.73 Å². The third-order valence-electron chi connectivity index (χ3n) is 4.25. The van der Waals surface area contributed by atoms with Gasteiger partial charge in [0, 0.05) is 12.0 Å². The highest BCUT2D eigenvalue weighted by molar-refractivity contribution is 5.99. The van der Waals surface area contributed by atoms with Crippen LogP contribution >= 0.6 is 0 Å². The molecule has 0 aliphatic heterocycles. The minimum atomic E-state index is -0.857. The van der Waals surface area contributed by atoms with Gasteiger partial charge in [0.25, 0.3) is 5.91 Å². The van der Waals surface area contributed by atoms with E-state index in [2.05, 4.69) is 10.1 Å². The number of benzene rings is 2. The maximum absolute atomic E-state index is 12.5. The highest BCUT2D eigenvalue weighted by atomic mass is 16.5. The molecule has 3 N–H and O–H groups in total. The van der Waals surface area contributed by atoms with Gasteiger partial charge in [0.1, 0.15) is 6.04 Å². The number of aryl methyl sites for hydroxylation is 2. The molecule has 0 saturated carbocycles. The van der Waals surface area contributed by atoms with Crippen LogP contribution in [-0.4, -0.2) is 30.9 Å². The number of ether oxygens (including phenoxy) is 1. The maximum Gasteiger partial charge on any atom is 0.337 e. The lowest BCUT2D eigenvalue weighted by molar-refractivity contribution is -0.119. The molecule has 26 heavy (non-hydrogen) atoms. The number of rotatable bonds is 6. The molecule has 0 aliphatic rings. The zero-order chi connectivity index (χ0) is 19.3. The Morgan fingerprint density at radius 1 is 1.04 bits per heavy atom. The lowest BCUT2D eigenvalue weighted by Crippen LogP contribution is -2.46. The van der Waals surface area contributed by atoms with Crippen molar-refractivity contribution in [2.45, 2.75) is 26.3 Å². The number of methoxy groups -OCH3 is 1. The summed E-state index contributed by atoms with van der Waals surface area (Å²) in [5.41, 5.74) is 9.01. The monoisotopic (exact) mass is 354 g/mol. The van der Waals surface area contributed by atoms with E-state index in [1.807, 2.05) is 32.0 Å². The Labute approximate surface area is 152 Å². The van der Waals surface area contributed by atoms with Crippen LogP contribution in [0.4, 0.5) is 0 Å². The summed E-state index contributed by atoms with van der Waals surface area (Å²) in [5.74, 6) is -1.64. The number of amides is 2. The van der Waals surface area contributed by atoms with Crippen molar-refractivity contribution in [3.05, 3.63) is 70.3 Å². The molecule has 0 aliphatic carbocycles. The number of esters is 1. The smallest absolute Gasteiger partial charge is 0.337 e. The molecule has 2 amide bonds. The van der Waals surface area contributed by atoms with Gasteiger partial charge < -0.3 is 15.8 Å². The van der Waals surface area contributed by atoms with E-state index >= 15 is 0 Å². The second-order valence-electron chi connectivity index (χ2n) is 6.08. The van der Waals surface area contributed by atoms with E-state index in [-0.39, 0.29) is 11.1 Å². The Morgan fingerprint density at radius 3 is 2.19 bits per heavy atom. The Balaban J connectivity index is 2.21. The third-order valence-corrected chi connectivity index (χ3v) is 4.25. The van der Waals surface area contributed by atoms with Crippen molar-refractivity contribution in [3.8, 4) is 0 Å². The molecular formula is C20H22N2O4. The van der Waals surface area contributed by atoms with Gasteiger partial charge in [-0.15, -0.1) is 0 Å². The first-order valence-corrected chi connectivity index (χ1v) is 8.17. The Bertz CT molecular complexity index is 825. The number of nitrogens with two attached hydrogens (primary N) is 1. The van der Waals surface area contributed by atoms with E-state index in [1.54, 1.807) is 18.2 Å². The van der Waals surface area contributed by atoms with Crippen molar-refractivity contribution in [1.29, 1.82) is 0 Å². The van der Waals surface area contributed by atoms with Gasteiger partial charge in [-0.1, -0.05) is 24.3 Å². The van der Waals surface area contributed by atoms with Gasteiger partial charge in [0.05, 0.1) is 12.7 Å². The molecule has 0 radical (unpaired) electrons. The molecule has 2 aromatic rings. The van der Waals surface area contributed by atoms with E-state index in [1.165, 1.54) is 13.2 Å². The molecule has 2 rings (SSSR count). The first-order valence-electron chi connectivity index (χ1n) is 8.17. The van der Waals surface area contributed by atoms with E-state index in [0.29, 0.717) is 6.42 Å². The Hall–Kier alpha value is -3.15. The normalized spacial score (nSPS) is 11.5. The lowest BCUT2D eigenvalue weighted by atomic mass is 9.96. The summed E-state index contributed by atoms with van der Waals surface area (Å²) < 4.78 is 4.65. The minimum Gasteiger partial charge on any atom is -0.465 e. The summed E-state index contributed by atoms with van der Waals surface area (Å²) in [4.78, 5) is 36.0. The third kappa shape index (κ3) is 4.47. The van der Waals surface area contributed by atoms with Crippen LogP contribution in [0.5, 0.6) is 0 Å². The van der Waals surface area contributed by atoms with E-state index in [9.17, 15) is 14.4 Å². The van der Waals surface area contributed by atoms with Crippen LogP contribution in [0, 0.1) is 13.8 Å². The molecule has 6 nitrogen and oxygen atoms in total. The molecule has 2 aromatic carbocycles. The average molecular weight is 354 g/mol. The van der Waals surface area contributed by atoms with Crippen molar-refractivity contribution < 1.29 is 19.1 Å². The quantitative estimate of drug-likeness (QED) is 0.774. The molecule has 0 unspecified atom stereocenters. The fourth-order valence-electron chi connectivity index (χ4n) is 2.74. The van der Waals surface area contributed by atoms with Crippen LogP contribution in [0.15, 0.2) is 42.5 Å². The standard InChI is InChI=1S/C20H22N2O4/c1-12-6-4-7-13(2)16(12)11-17(18(21)23)22-19(24)14-8-5-9-15(10-14)20(25)26-3/h4-10,17H,11H2,1-3H3,(H2,21,23)(H,22,24)/t17-/m1/s1. The van der Waals surface area contributed by atoms with Gasteiger partial charge in [-0.3, -0.25) is 9.59 Å². The summed E-state index contributed by atoms with van der Waals surface area (Å²) in [6.07, 6.45) is 0.302. The van der Waals surface area contributed by atoms with Crippen LogP contribution in [-0.2, 0) is 16.0 Å². The summed E-state index contributed by atoms with van der Waals surface area (Å²) in [6, 6.07) is 11.1. The van der Waals surface area contributed by atoms with Crippen molar-refractivity contribution >= 4 is 17.8 Å². The topological polar surface area (TPSA) is 98.5 Å². The molecule has 0 saturated heterocycles. The minimum absolute atomic E-state index is 0.251. The number of primary amides is 1. The van der Waals surface area contributed by atoms with Crippen LogP contribution < -0.4 is 11.1 Å². The van der Waals surface area contributed by atoms with Gasteiger partial charge in [-0.2, -0.15) is 0 Å². The maximum atomic E-state index is 12.5. The predicted molar refractivity (Wildman–Crippen MR) is 97.9 cm³/mol. The number of carbonyl (C=O) groups is 3. The summed E-state index contributed by atoms with van der Waals surface area (Å²) in [6.45, 7) is 3.89. The van der Waals surface area contributed by atoms with Crippen molar-refractivity contribution in [1.82, 2.24) is 5.32 Å². The molecule has 0 heterocycles. The van der Waals surface area contributed by atoms with Crippen LogP contribution in [0.2, 0.25) is 0 Å². The van der Waals surface area contributed by atoms with Gasteiger partial charge in [0.2, 0.25) is 5.91 Å². The highest BCUT2D eigenvalue weighted by Gasteiger charge is 2.21. The number of nitrogens with one attached hydrogen (secondary N) is 1.